The molecule has 6 nitrogen and oxygen atoms in total. The van der Waals surface area contributed by atoms with E-state index >= 15 is 0 Å². The van der Waals surface area contributed by atoms with Crippen LogP contribution in [-0.2, 0) is 16.1 Å². The Kier molecular flexibility index (Phi) is 6.14. The Labute approximate surface area is 124 Å². The fraction of sp³-hybridized carbons (Fsp3) is 0.533. The van der Waals surface area contributed by atoms with E-state index in [9.17, 15) is 14.7 Å². The molecule has 1 aromatic heterocycles. The van der Waals surface area contributed by atoms with Crippen LogP contribution in [0.1, 0.15) is 38.7 Å². The number of aliphatic carboxylic acids is 1. The van der Waals surface area contributed by atoms with Gasteiger partial charge in [-0.05, 0) is 18.9 Å². The van der Waals surface area contributed by atoms with E-state index in [1.54, 1.807) is 32.2 Å². The van der Waals surface area contributed by atoms with Crippen LogP contribution in [0, 0.1) is 5.41 Å². The molecule has 0 fully saturated rings. The van der Waals surface area contributed by atoms with Crippen LogP contribution in [-0.4, -0.2) is 29.1 Å². The van der Waals surface area contributed by atoms with E-state index in [2.05, 4.69) is 10.3 Å². The fourth-order valence-corrected chi connectivity index (χ4v) is 2.18. The van der Waals surface area contributed by atoms with Crippen molar-refractivity contribution >= 4 is 11.9 Å². The molecule has 1 aromatic rings. The molecule has 0 aliphatic heterocycles. The standard InChI is InChI=1S/C15H22N2O4/c1-4-15(5-2,14(19)20)9-12(18)17-10-11-7-6-8-16-13(11)21-3/h6-8H,4-5,9-10H2,1-3H3,(H,17,18)(H,19,20). The number of carbonyl (C=O) groups excluding carboxylic acids is 1. The van der Waals surface area contributed by atoms with Crippen molar-refractivity contribution in [2.75, 3.05) is 7.11 Å². The predicted octanol–water partition coefficient (Wildman–Crippen LogP) is 1.99. The van der Waals surface area contributed by atoms with Gasteiger partial charge in [0.05, 0.1) is 12.5 Å². The molecular weight excluding hydrogens is 272 g/mol. The summed E-state index contributed by atoms with van der Waals surface area (Å²) >= 11 is 0. The van der Waals surface area contributed by atoms with Crippen molar-refractivity contribution < 1.29 is 19.4 Å². The highest BCUT2D eigenvalue weighted by Gasteiger charge is 2.37. The van der Waals surface area contributed by atoms with Crippen molar-refractivity contribution in [3.05, 3.63) is 23.9 Å². The first-order valence-electron chi connectivity index (χ1n) is 6.97. The first-order valence-corrected chi connectivity index (χ1v) is 6.97. The molecule has 0 aliphatic rings. The third-order valence-corrected chi connectivity index (χ3v) is 3.83. The average molecular weight is 294 g/mol. The fourth-order valence-electron chi connectivity index (χ4n) is 2.18. The van der Waals surface area contributed by atoms with Gasteiger partial charge in [-0.15, -0.1) is 0 Å². The SMILES string of the molecule is CCC(CC)(CC(=O)NCc1cccnc1OC)C(=O)O. The number of hydrogen-bond donors (Lipinski definition) is 2. The molecule has 2 N–H and O–H groups in total. The number of carboxylic acid groups (broad SMARTS) is 1. The van der Waals surface area contributed by atoms with Crippen LogP contribution in [0.5, 0.6) is 5.88 Å². The van der Waals surface area contributed by atoms with Gasteiger partial charge in [-0.25, -0.2) is 4.98 Å². The zero-order valence-corrected chi connectivity index (χ0v) is 12.7. The van der Waals surface area contributed by atoms with Gasteiger partial charge in [0.15, 0.2) is 0 Å². The first-order chi connectivity index (χ1) is 9.99. The molecule has 1 amide bonds. The molecule has 0 aromatic carbocycles. The zero-order chi connectivity index (χ0) is 15.9. The molecule has 0 aliphatic carbocycles. The summed E-state index contributed by atoms with van der Waals surface area (Å²) in [5.41, 5.74) is -0.245. The predicted molar refractivity (Wildman–Crippen MR) is 77.9 cm³/mol. The Hall–Kier alpha value is -2.11. The minimum Gasteiger partial charge on any atom is -0.481 e. The summed E-state index contributed by atoms with van der Waals surface area (Å²) in [5, 5.41) is 12.1. The van der Waals surface area contributed by atoms with Crippen molar-refractivity contribution in [3.63, 3.8) is 0 Å². The van der Waals surface area contributed by atoms with Crippen LogP contribution < -0.4 is 10.1 Å². The van der Waals surface area contributed by atoms with E-state index in [1.807, 2.05) is 0 Å². The molecule has 6 heteroatoms. The van der Waals surface area contributed by atoms with Crippen molar-refractivity contribution in [1.82, 2.24) is 10.3 Å². The lowest BCUT2D eigenvalue weighted by atomic mass is 9.79. The smallest absolute Gasteiger partial charge is 0.310 e. The Morgan fingerprint density at radius 3 is 2.57 bits per heavy atom. The highest BCUT2D eigenvalue weighted by atomic mass is 16.5. The van der Waals surface area contributed by atoms with Crippen LogP contribution in [0.25, 0.3) is 0 Å². The minimum atomic E-state index is -0.997. The van der Waals surface area contributed by atoms with E-state index in [1.165, 1.54) is 7.11 Å². The monoisotopic (exact) mass is 294 g/mol. The normalized spacial score (nSPS) is 11.0. The van der Waals surface area contributed by atoms with Gasteiger partial charge in [0.25, 0.3) is 0 Å². The van der Waals surface area contributed by atoms with E-state index in [0.717, 1.165) is 5.56 Å². The topological polar surface area (TPSA) is 88.5 Å². The van der Waals surface area contributed by atoms with Gasteiger partial charge in [0.2, 0.25) is 11.8 Å². The molecule has 1 heterocycles. The highest BCUT2D eigenvalue weighted by molar-refractivity contribution is 5.84. The summed E-state index contributed by atoms with van der Waals surface area (Å²) in [6.07, 6.45) is 2.41. The lowest BCUT2D eigenvalue weighted by molar-refractivity contribution is -0.152. The number of rotatable bonds is 8. The molecule has 0 saturated carbocycles. The molecule has 0 saturated heterocycles. The Morgan fingerprint density at radius 1 is 1.38 bits per heavy atom. The molecule has 1 rings (SSSR count). The van der Waals surface area contributed by atoms with Gasteiger partial charge in [0, 0.05) is 24.7 Å². The second-order valence-corrected chi connectivity index (χ2v) is 4.92. The van der Waals surface area contributed by atoms with Gasteiger partial charge < -0.3 is 15.2 Å². The lowest BCUT2D eigenvalue weighted by Crippen LogP contribution is -2.36. The molecule has 0 spiro atoms. The van der Waals surface area contributed by atoms with Gasteiger partial charge in [-0.2, -0.15) is 0 Å². The maximum Gasteiger partial charge on any atom is 0.310 e. The van der Waals surface area contributed by atoms with E-state index in [0.29, 0.717) is 18.7 Å². The summed E-state index contributed by atoms with van der Waals surface area (Å²) in [4.78, 5) is 27.4. The van der Waals surface area contributed by atoms with Gasteiger partial charge in [-0.3, -0.25) is 9.59 Å². The Balaban J connectivity index is 2.67. The first kappa shape index (κ1) is 16.9. The largest absolute Gasteiger partial charge is 0.481 e. The molecule has 0 atom stereocenters. The summed E-state index contributed by atoms with van der Waals surface area (Å²) in [5.74, 6) is -0.762. The Bertz CT molecular complexity index is 498. The number of aromatic nitrogens is 1. The molecule has 0 bridgehead atoms. The van der Waals surface area contributed by atoms with E-state index < -0.39 is 11.4 Å². The summed E-state index contributed by atoms with van der Waals surface area (Å²) in [6, 6.07) is 3.56. The summed E-state index contributed by atoms with van der Waals surface area (Å²) in [7, 11) is 1.51. The molecule has 116 valence electrons. The molecule has 21 heavy (non-hydrogen) atoms. The number of pyridine rings is 1. The van der Waals surface area contributed by atoms with Gasteiger partial charge in [-0.1, -0.05) is 19.9 Å². The number of nitrogens with zero attached hydrogens (tertiary/aromatic N) is 1. The number of hydrogen-bond acceptors (Lipinski definition) is 4. The zero-order valence-electron chi connectivity index (χ0n) is 12.7. The average Bonchev–Trinajstić information content (AvgIpc) is 2.50. The van der Waals surface area contributed by atoms with Crippen molar-refractivity contribution in [3.8, 4) is 5.88 Å². The summed E-state index contributed by atoms with van der Waals surface area (Å²) in [6.45, 7) is 3.84. The lowest BCUT2D eigenvalue weighted by Gasteiger charge is -2.25. The minimum absolute atomic E-state index is 0.0299. The third kappa shape index (κ3) is 4.18. The van der Waals surface area contributed by atoms with Crippen LogP contribution in [0.2, 0.25) is 0 Å². The van der Waals surface area contributed by atoms with Crippen LogP contribution in [0.4, 0.5) is 0 Å². The number of nitrogens with one attached hydrogen (secondary N) is 1. The van der Waals surface area contributed by atoms with E-state index in [4.69, 9.17) is 4.74 Å². The van der Waals surface area contributed by atoms with Crippen LogP contribution >= 0.6 is 0 Å². The molecular formula is C15H22N2O4. The molecule has 0 radical (unpaired) electrons. The third-order valence-electron chi connectivity index (χ3n) is 3.83. The van der Waals surface area contributed by atoms with Crippen LogP contribution in [0.15, 0.2) is 18.3 Å². The number of methoxy groups -OCH3 is 1. The second-order valence-electron chi connectivity index (χ2n) is 4.92. The number of carbonyl (C=O) groups is 2. The van der Waals surface area contributed by atoms with Crippen molar-refractivity contribution in [2.24, 2.45) is 5.41 Å². The van der Waals surface area contributed by atoms with E-state index in [-0.39, 0.29) is 18.9 Å². The second kappa shape index (κ2) is 7.61. The quantitative estimate of drug-likeness (QED) is 0.765. The summed E-state index contributed by atoms with van der Waals surface area (Å²) < 4.78 is 5.10. The Morgan fingerprint density at radius 2 is 2.05 bits per heavy atom. The van der Waals surface area contributed by atoms with Gasteiger partial charge in [0.1, 0.15) is 0 Å². The van der Waals surface area contributed by atoms with Gasteiger partial charge >= 0.3 is 5.97 Å². The van der Waals surface area contributed by atoms with Crippen LogP contribution in [0.3, 0.4) is 0 Å². The number of amides is 1. The molecule has 0 unspecified atom stereocenters. The van der Waals surface area contributed by atoms with Crippen molar-refractivity contribution in [1.29, 1.82) is 0 Å². The number of carboxylic acids is 1. The number of ether oxygens (including phenoxy) is 1. The maximum absolute atomic E-state index is 12.0. The van der Waals surface area contributed by atoms with Crippen molar-refractivity contribution in [2.45, 2.75) is 39.7 Å². The highest BCUT2D eigenvalue weighted by Crippen LogP contribution is 2.30. The maximum atomic E-state index is 12.0.